The zero-order valence-corrected chi connectivity index (χ0v) is 13.6. The monoisotopic (exact) mass is 291 g/mol. The summed E-state index contributed by atoms with van der Waals surface area (Å²) in [6, 6.07) is 8.43. The van der Waals surface area contributed by atoms with Crippen LogP contribution in [0.3, 0.4) is 0 Å². The first kappa shape index (κ1) is 15.6. The fourth-order valence-corrected chi connectivity index (χ4v) is 3.20. The molecule has 0 spiro atoms. The van der Waals surface area contributed by atoms with Crippen LogP contribution in [0.1, 0.15) is 69.9 Å². The smallest absolute Gasteiger partial charge is 0.144 e. The van der Waals surface area contributed by atoms with Crippen molar-refractivity contribution in [1.29, 1.82) is 0 Å². The molecule has 1 aliphatic rings. The number of hydrogen-bond donors (Lipinski definition) is 0. The van der Waals surface area contributed by atoms with E-state index in [0.717, 1.165) is 5.56 Å². The Morgan fingerprint density at radius 3 is 2.45 bits per heavy atom. The molecule has 0 amide bonds. The quantitative estimate of drug-likeness (QED) is 0.591. The molecule has 2 rings (SSSR count). The SMILES string of the molecule is CC(C)(C)[S+]([O-])N=Cc1ccccc1C1CCCCC1. The van der Waals surface area contributed by atoms with Gasteiger partial charge in [0.2, 0.25) is 0 Å². The van der Waals surface area contributed by atoms with Crippen LogP contribution in [-0.4, -0.2) is 15.5 Å². The van der Waals surface area contributed by atoms with Crippen molar-refractivity contribution in [1.82, 2.24) is 0 Å². The zero-order chi connectivity index (χ0) is 14.6. The molecule has 0 N–H and O–H groups in total. The molecule has 0 aromatic heterocycles. The molecule has 1 atom stereocenters. The molecule has 1 unspecified atom stereocenters. The van der Waals surface area contributed by atoms with E-state index in [1.807, 2.05) is 33.1 Å². The molecule has 0 bridgehead atoms. The number of benzene rings is 1. The van der Waals surface area contributed by atoms with E-state index in [-0.39, 0.29) is 4.75 Å². The van der Waals surface area contributed by atoms with Gasteiger partial charge in [-0.3, -0.25) is 0 Å². The van der Waals surface area contributed by atoms with Crippen molar-refractivity contribution >= 4 is 17.6 Å². The van der Waals surface area contributed by atoms with E-state index in [1.165, 1.54) is 37.7 Å². The lowest BCUT2D eigenvalue weighted by atomic mass is 9.82. The van der Waals surface area contributed by atoms with Crippen molar-refractivity contribution in [2.24, 2.45) is 4.40 Å². The molecular weight excluding hydrogens is 266 g/mol. The number of rotatable bonds is 3. The highest BCUT2D eigenvalue weighted by molar-refractivity contribution is 7.91. The molecular formula is C17H25NOS. The molecule has 1 aromatic rings. The zero-order valence-electron chi connectivity index (χ0n) is 12.8. The summed E-state index contributed by atoms with van der Waals surface area (Å²) in [5.41, 5.74) is 2.51. The highest BCUT2D eigenvalue weighted by atomic mass is 32.2. The van der Waals surface area contributed by atoms with Crippen molar-refractivity contribution in [3.63, 3.8) is 0 Å². The summed E-state index contributed by atoms with van der Waals surface area (Å²) in [6.45, 7) is 5.86. The minimum absolute atomic E-state index is 0.295. The third-order valence-corrected chi connectivity index (χ3v) is 5.20. The Morgan fingerprint density at radius 1 is 1.15 bits per heavy atom. The van der Waals surface area contributed by atoms with Crippen molar-refractivity contribution < 1.29 is 4.55 Å². The lowest BCUT2D eigenvalue weighted by Crippen LogP contribution is -2.25. The third-order valence-electron chi connectivity index (χ3n) is 3.85. The molecule has 2 nitrogen and oxygen atoms in total. The summed E-state index contributed by atoms with van der Waals surface area (Å²) in [6.07, 6.45) is 8.36. The van der Waals surface area contributed by atoms with E-state index >= 15 is 0 Å². The maximum atomic E-state index is 12.0. The maximum Gasteiger partial charge on any atom is 0.144 e. The van der Waals surface area contributed by atoms with Crippen LogP contribution in [0.4, 0.5) is 0 Å². The first-order valence-corrected chi connectivity index (χ1v) is 8.64. The van der Waals surface area contributed by atoms with Crippen LogP contribution in [-0.2, 0) is 11.4 Å². The Balaban J connectivity index is 2.17. The van der Waals surface area contributed by atoms with Gasteiger partial charge in [0.15, 0.2) is 0 Å². The summed E-state index contributed by atoms with van der Waals surface area (Å²) in [5.74, 6) is 0.648. The van der Waals surface area contributed by atoms with Gasteiger partial charge in [0.1, 0.15) is 16.1 Å². The van der Waals surface area contributed by atoms with Gasteiger partial charge in [0.25, 0.3) is 0 Å². The summed E-state index contributed by atoms with van der Waals surface area (Å²) >= 11 is -1.18. The molecule has 1 aromatic carbocycles. The van der Waals surface area contributed by atoms with Crippen LogP contribution < -0.4 is 0 Å². The van der Waals surface area contributed by atoms with Gasteiger partial charge in [-0.15, -0.1) is 0 Å². The van der Waals surface area contributed by atoms with Crippen LogP contribution >= 0.6 is 0 Å². The lowest BCUT2D eigenvalue weighted by Gasteiger charge is -2.23. The van der Waals surface area contributed by atoms with Gasteiger partial charge in [-0.25, -0.2) is 0 Å². The molecule has 1 saturated carbocycles. The summed E-state index contributed by atoms with van der Waals surface area (Å²) in [4.78, 5) is 0. The van der Waals surface area contributed by atoms with E-state index in [9.17, 15) is 4.55 Å². The summed E-state index contributed by atoms with van der Waals surface area (Å²) in [7, 11) is 0. The largest absolute Gasteiger partial charge is 0.591 e. The Hall–Kier alpha value is -0.800. The molecule has 0 saturated heterocycles. The van der Waals surface area contributed by atoms with Gasteiger partial charge in [0, 0.05) is 5.56 Å². The second-order valence-electron chi connectivity index (χ2n) is 6.56. The fraction of sp³-hybridized carbons (Fsp3) is 0.588. The lowest BCUT2D eigenvalue weighted by molar-refractivity contribution is 0.443. The van der Waals surface area contributed by atoms with Gasteiger partial charge in [-0.2, -0.15) is 0 Å². The highest BCUT2D eigenvalue weighted by Crippen LogP contribution is 2.34. The van der Waals surface area contributed by atoms with E-state index in [0.29, 0.717) is 5.92 Å². The minimum Gasteiger partial charge on any atom is -0.591 e. The van der Waals surface area contributed by atoms with Crippen molar-refractivity contribution in [2.75, 3.05) is 0 Å². The Bertz CT molecular complexity index is 458. The van der Waals surface area contributed by atoms with Crippen LogP contribution in [0.5, 0.6) is 0 Å². The molecule has 0 aliphatic heterocycles. The molecule has 0 radical (unpaired) electrons. The number of hydrogen-bond acceptors (Lipinski definition) is 2. The van der Waals surface area contributed by atoms with Gasteiger partial charge >= 0.3 is 0 Å². The van der Waals surface area contributed by atoms with Crippen molar-refractivity contribution in [2.45, 2.75) is 63.5 Å². The Morgan fingerprint density at radius 2 is 1.80 bits per heavy atom. The average molecular weight is 291 g/mol. The van der Waals surface area contributed by atoms with Crippen molar-refractivity contribution in [3.8, 4) is 0 Å². The normalized spacial score (nSPS) is 19.4. The van der Waals surface area contributed by atoms with Gasteiger partial charge in [0.05, 0.1) is 6.21 Å². The predicted octanol–water partition coefficient (Wildman–Crippen LogP) is 4.62. The molecule has 1 fully saturated rings. The van der Waals surface area contributed by atoms with Crippen LogP contribution in [0.15, 0.2) is 28.7 Å². The number of nitrogens with zero attached hydrogens (tertiary/aromatic N) is 1. The molecule has 0 heterocycles. The van der Waals surface area contributed by atoms with E-state index in [4.69, 9.17) is 0 Å². The van der Waals surface area contributed by atoms with E-state index < -0.39 is 11.4 Å². The molecule has 20 heavy (non-hydrogen) atoms. The molecule has 1 aliphatic carbocycles. The molecule has 3 heteroatoms. The highest BCUT2D eigenvalue weighted by Gasteiger charge is 2.26. The van der Waals surface area contributed by atoms with E-state index in [2.05, 4.69) is 22.6 Å². The minimum atomic E-state index is -1.18. The summed E-state index contributed by atoms with van der Waals surface area (Å²) in [5, 5.41) is 0. The van der Waals surface area contributed by atoms with Gasteiger partial charge in [-0.05, 0) is 45.1 Å². The second kappa shape index (κ2) is 6.77. The van der Waals surface area contributed by atoms with Gasteiger partial charge in [-0.1, -0.05) is 47.9 Å². The predicted molar refractivity (Wildman–Crippen MR) is 87.8 cm³/mol. The van der Waals surface area contributed by atoms with Gasteiger partial charge < -0.3 is 4.55 Å². The first-order chi connectivity index (χ1) is 9.48. The maximum absolute atomic E-state index is 12.0. The topological polar surface area (TPSA) is 35.4 Å². The Kier molecular flexibility index (Phi) is 5.28. The first-order valence-electron chi connectivity index (χ1n) is 7.53. The van der Waals surface area contributed by atoms with Crippen LogP contribution in [0, 0.1) is 0 Å². The van der Waals surface area contributed by atoms with Crippen LogP contribution in [0.25, 0.3) is 0 Å². The van der Waals surface area contributed by atoms with E-state index in [1.54, 1.807) is 0 Å². The van der Waals surface area contributed by atoms with Crippen LogP contribution in [0.2, 0.25) is 0 Å². The second-order valence-corrected chi connectivity index (χ2v) is 8.49. The average Bonchev–Trinajstić information content (AvgIpc) is 2.45. The Labute approximate surface area is 126 Å². The van der Waals surface area contributed by atoms with Crippen molar-refractivity contribution in [3.05, 3.63) is 35.4 Å². The third kappa shape index (κ3) is 4.10. The standard InChI is InChI=1S/C17H25NOS/c1-17(2,3)20(19)18-13-15-11-7-8-12-16(15)14-9-5-4-6-10-14/h7-8,11-14H,4-6,9-10H2,1-3H3. The molecule has 110 valence electrons. The fourth-order valence-electron chi connectivity index (χ4n) is 2.68. The summed E-state index contributed by atoms with van der Waals surface area (Å²) < 4.78 is 16.0.